The molecule has 0 fully saturated rings. The van der Waals surface area contributed by atoms with E-state index < -0.39 is 0 Å². The highest BCUT2D eigenvalue weighted by Crippen LogP contribution is 2.28. The molecule has 0 bridgehead atoms. The Morgan fingerprint density at radius 3 is 2.73 bits per heavy atom. The lowest BCUT2D eigenvalue weighted by atomic mass is 10.1. The number of aromatic hydroxyl groups is 1. The van der Waals surface area contributed by atoms with Crippen molar-refractivity contribution < 1.29 is 10.2 Å². The molecule has 3 nitrogen and oxygen atoms in total. The second kappa shape index (κ2) is 3.59. The van der Waals surface area contributed by atoms with Crippen LogP contribution in [0.1, 0.15) is 12.5 Å². The number of phenolic OH excluding ortho intramolecular Hbond substituents is 1. The molecule has 2 aromatic rings. The first kappa shape index (κ1) is 10.1. The maximum atomic E-state index is 9.83. The molecule has 0 saturated heterocycles. The molecule has 0 aliphatic heterocycles. The zero-order chi connectivity index (χ0) is 11.0. The Morgan fingerprint density at radius 1 is 1.33 bits per heavy atom. The van der Waals surface area contributed by atoms with Crippen LogP contribution in [0.15, 0.2) is 24.4 Å². The largest absolute Gasteiger partial charge is 0.507 e. The molecule has 1 atom stereocenters. The number of aliphatic hydroxyl groups is 1. The summed E-state index contributed by atoms with van der Waals surface area (Å²) in [6.45, 7) is 4.17. The normalized spacial score (nSPS) is 13.3. The van der Waals surface area contributed by atoms with Crippen LogP contribution >= 0.6 is 0 Å². The predicted molar refractivity (Wildman–Crippen MR) is 60.0 cm³/mol. The second-order valence-corrected chi connectivity index (χ2v) is 3.98. The molecule has 0 saturated carbocycles. The summed E-state index contributed by atoms with van der Waals surface area (Å²) in [7, 11) is 0. The van der Waals surface area contributed by atoms with Gasteiger partial charge in [0.1, 0.15) is 5.75 Å². The van der Waals surface area contributed by atoms with E-state index in [1.165, 1.54) is 0 Å². The van der Waals surface area contributed by atoms with Gasteiger partial charge in [-0.2, -0.15) is 0 Å². The zero-order valence-corrected chi connectivity index (χ0v) is 8.94. The van der Waals surface area contributed by atoms with Crippen molar-refractivity contribution >= 4 is 10.9 Å². The van der Waals surface area contributed by atoms with Gasteiger partial charge in [-0.15, -0.1) is 0 Å². The zero-order valence-electron chi connectivity index (χ0n) is 8.94. The van der Waals surface area contributed by atoms with Crippen LogP contribution in [0, 0.1) is 6.92 Å². The summed E-state index contributed by atoms with van der Waals surface area (Å²) in [4.78, 5) is 0. The average Bonchev–Trinajstić information content (AvgIpc) is 2.55. The van der Waals surface area contributed by atoms with Crippen molar-refractivity contribution in [1.29, 1.82) is 0 Å². The SMILES string of the molecule is Cc1ccc2c(ccn2CC(C)O)c1O. The molecule has 0 aliphatic rings. The number of aryl methyl sites for hydroxylation is 1. The van der Waals surface area contributed by atoms with Gasteiger partial charge in [-0.3, -0.25) is 0 Å². The van der Waals surface area contributed by atoms with Crippen molar-refractivity contribution in [2.75, 3.05) is 0 Å². The summed E-state index contributed by atoms with van der Waals surface area (Å²) in [6, 6.07) is 5.73. The molecule has 0 aliphatic carbocycles. The highest BCUT2D eigenvalue weighted by Gasteiger charge is 2.08. The minimum atomic E-state index is -0.385. The fourth-order valence-corrected chi connectivity index (χ4v) is 1.81. The number of benzene rings is 1. The van der Waals surface area contributed by atoms with Crippen LogP contribution in [0.25, 0.3) is 10.9 Å². The van der Waals surface area contributed by atoms with Gasteiger partial charge in [0.25, 0.3) is 0 Å². The Balaban J connectivity index is 2.57. The molecule has 2 rings (SSSR count). The molecule has 0 radical (unpaired) electrons. The topological polar surface area (TPSA) is 45.4 Å². The van der Waals surface area contributed by atoms with Crippen molar-refractivity contribution in [3.8, 4) is 5.75 Å². The van der Waals surface area contributed by atoms with E-state index in [9.17, 15) is 10.2 Å². The van der Waals surface area contributed by atoms with Crippen LogP contribution < -0.4 is 0 Å². The Morgan fingerprint density at radius 2 is 2.07 bits per heavy atom. The van der Waals surface area contributed by atoms with E-state index in [0.717, 1.165) is 16.5 Å². The van der Waals surface area contributed by atoms with Crippen LogP contribution in [-0.4, -0.2) is 20.9 Å². The molecule has 15 heavy (non-hydrogen) atoms. The van der Waals surface area contributed by atoms with Gasteiger partial charge in [0.05, 0.1) is 11.6 Å². The van der Waals surface area contributed by atoms with E-state index in [0.29, 0.717) is 12.3 Å². The molecule has 1 aromatic heterocycles. The van der Waals surface area contributed by atoms with Crippen LogP contribution in [0.3, 0.4) is 0 Å². The van der Waals surface area contributed by atoms with Crippen molar-refractivity contribution in [2.45, 2.75) is 26.5 Å². The summed E-state index contributed by atoms with van der Waals surface area (Å²) in [5.74, 6) is 0.330. The highest BCUT2D eigenvalue weighted by molar-refractivity contribution is 5.87. The van der Waals surface area contributed by atoms with Crippen LogP contribution in [0.2, 0.25) is 0 Å². The van der Waals surface area contributed by atoms with E-state index in [-0.39, 0.29) is 6.10 Å². The Kier molecular flexibility index (Phi) is 2.40. The minimum absolute atomic E-state index is 0.330. The van der Waals surface area contributed by atoms with Crippen molar-refractivity contribution in [3.63, 3.8) is 0 Å². The van der Waals surface area contributed by atoms with Crippen molar-refractivity contribution in [1.82, 2.24) is 4.57 Å². The number of aliphatic hydroxyl groups excluding tert-OH is 1. The average molecular weight is 205 g/mol. The van der Waals surface area contributed by atoms with Crippen LogP contribution in [-0.2, 0) is 6.54 Å². The lowest BCUT2D eigenvalue weighted by molar-refractivity contribution is 0.175. The predicted octanol–water partition coefficient (Wildman–Crippen LogP) is 2.04. The van der Waals surface area contributed by atoms with Crippen LogP contribution in [0.4, 0.5) is 0 Å². The Labute approximate surface area is 88.6 Å². The van der Waals surface area contributed by atoms with Gasteiger partial charge < -0.3 is 14.8 Å². The summed E-state index contributed by atoms with van der Waals surface area (Å²) in [5.41, 5.74) is 1.83. The number of aromatic nitrogens is 1. The first-order valence-corrected chi connectivity index (χ1v) is 5.05. The van der Waals surface area contributed by atoms with Gasteiger partial charge in [0, 0.05) is 18.1 Å². The fraction of sp³-hybridized carbons (Fsp3) is 0.333. The standard InChI is InChI=1S/C12H15NO2/c1-8-3-4-11-10(12(8)15)5-6-13(11)7-9(2)14/h3-6,9,14-15H,7H2,1-2H3. The molecule has 1 aromatic carbocycles. The number of fused-ring (bicyclic) bond motifs is 1. The fourth-order valence-electron chi connectivity index (χ4n) is 1.81. The summed E-state index contributed by atoms with van der Waals surface area (Å²) in [5, 5.41) is 20.0. The smallest absolute Gasteiger partial charge is 0.127 e. The monoisotopic (exact) mass is 205 g/mol. The highest BCUT2D eigenvalue weighted by atomic mass is 16.3. The number of hydrogen-bond donors (Lipinski definition) is 2. The first-order valence-electron chi connectivity index (χ1n) is 5.05. The Hall–Kier alpha value is -1.48. The lowest BCUT2D eigenvalue weighted by Gasteiger charge is -2.08. The molecular weight excluding hydrogens is 190 g/mol. The number of rotatable bonds is 2. The Bertz CT molecular complexity index is 486. The lowest BCUT2D eigenvalue weighted by Crippen LogP contribution is -2.10. The van der Waals surface area contributed by atoms with Gasteiger partial charge in [0.2, 0.25) is 0 Å². The van der Waals surface area contributed by atoms with E-state index >= 15 is 0 Å². The maximum Gasteiger partial charge on any atom is 0.127 e. The molecule has 0 spiro atoms. The third-order valence-electron chi connectivity index (χ3n) is 2.59. The van der Waals surface area contributed by atoms with Crippen molar-refractivity contribution in [3.05, 3.63) is 30.0 Å². The molecule has 0 amide bonds. The van der Waals surface area contributed by atoms with Gasteiger partial charge in [-0.25, -0.2) is 0 Å². The number of phenols is 1. The minimum Gasteiger partial charge on any atom is -0.507 e. The van der Waals surface area contributed by atoms with Crippen molar-refractivity contribution in [2.24, 2.45) is 0 Å². The third kappa shape index (κ3) is 1.70. The van der Waals surface area contributed by atoms with Crippen LogP contribution in [0.5, 0.6) is 5.75 Å². The molecule has 3 heteroatoms. The van der Waals surface area contributed by atoms with Gasteiger partial charge in [-0.1, -0.05) is 6.07 Å². The second-order valence-electron chi connectivity index (χ2n) is 3.98. The third-order valence-corrected chi connectivity index (χ3v) is 2.59. The van der Waals surface area contributed by atoms with E-state index in [1.54, 1.807) is 6.92 Å². The van der Waals surface area contributed by atoms with Gasteiger partial charge >= 0.3 is 0 Å². The molecule has 1 heterocycles. The molecule has 1 unspecified atom stereocenters. The summed E-state index contributed by atoms with van der Waals surface area (Å²) >= 11 is 0. The summed E-state index contributed by atoms with van der Waals surface area (Å²) in [6.07, 6.45) is 1.50. The first-order chi connectivity index (χ1) is 7.09. The van der Waals surface area contributed by atoms with E-state index in [2.05, 4.69) is 0 Å². The quantitative estimate of drug-likeness (QED) is 0.788. The molecular formula is C12H15NO2. The van der Waals surface area contributed by atoms with E-state index in [1.807, 2.05) is 35.9 Å². The maximum absolute atomic E-state index is 9.83. The molecule has 2 N–H and O–H groups in total. The molecule has 80 valence electrons. The van der Waals surface area contributed by atoms with Gasteiger partial charge in [0.15, 0.2) is 0 Å². The summed E-state index contributed by atoms with van der Waals surface area (Å²) < 4.78 is 1.94. The number of nitrogens with zero attached hydrogens (tertiary/aromatic N) is 1. The van der Waals surface area contributed by atoms with Gasteiger partial charge in [-0.05, 0) is 31.5 Å². The van der Waals surface area contributed by atoms with E-state index in [4.69, 9.17) is 0 Å². The number of hydrogen-bond acceptors (Lipinski definition) is 2.